The first-order valence-electron chi connectivity index (χ1n) is 9.11. The predicted octanol–water partition coefficient (Wildman–Crippen LogP) is 4.26. The third-order valence-electron chi connectivity index (χ3n) is 5.33. The van der Waals surface area contributed by atoms with Gasteiger partial charge in [-0.2, -0.15) is 0 Å². The molecule has 2 N–H and O–H groups in total. The van der Waals surface area contributed by atoms with Crippen LogP contribution in [0, 0.1) is 6.92 Å². The van der Waals surface area contributed by atoms with Gasteiger partial charge in [-0.25, -0.2) is 0 Å². The molecule has 1 aliphatic carbocycles. The average Bonchev–Trinajstić information content (AvgIpc) is 3.36. The molecule has 0 spiro atoms. The van der Waals surface area contributed by atoms with Crippen molar-refractivity contribution in [2.24, 2.45) is 0 Å². The van der Waals surface area contributed by atoms with Crippen LogP contribution in [0.3, 0.4) is 0 Å². The first-order chi connectivity index (χ1) is 12.2. The molecule has 3 heteroatoms. The molecule has 1 amide bonds. The largest absolute Gasteiger partial charge is 0.358 e. The van der Waals surface area contributed by atoms with Crippen molar-refractivity contribution < 1.29 is 4.79 Å². The lowest BCUT2D eigenvalue weighted by molar-refractivity contribution is -0.123. The minimum atomic E-state index is -0.323. The van der Waals surface area contributed by atoms with Crippen LogP contribution >= 0.6 is 0 Å². The minimum absolute atomic E-state index is 0.188. The van der Waals surface area contributed by atoms with E-state index in [0.29, 0.717) is 0 Å². The maximum atomic E-state index is 12.9. The number of hydrogen-bond acceptors (Lipinski definition) is 1. The van der Waals surface area contributed by atoms with E-state index in [-0.39, 0.29) is 11.3 Å². The van der Waals surface area contributed by atoms with E-state index < -0.39 is 0 Å². The molecule has 2 aromatic carbocycles. The van der Waals surface area contributed by atoms with Gasteiger partial charge in [0.2, 0.25) is 5.91 Å². The molecule has 0 unspecified atom stereocenters. The molecule has 1 aromatic heterocycles. The van der Waals surface area contributed by atoms with E-state index in [1.807, 2.05) is 18.2 Å². The zero-order chi connectivity index (χ0) is 17.3. The first kappa shape index (κ1) is 15.9. The molecule has 0 radical (unpaired) electrons. The van der Waals surface area contributed by atoms with Gasteiger partial charge in [0.05, 0.1) is 5.41 Å². The Balaban J connectivity index is 1.44. The Kier molecular flexibility index (Phi) is 4.08. The molecule has 0 saturated heterocycles. The Morgan fingerprint density at radius 1 is 1.08 bits per heavy atom. The summed E-state index contributed by atoms with van der Waals surface area (Å²) >= 11 is 0. The number of aromatic amines is 1. The molecule has 3 nitrogen and oxygen atoms in total. The summed E-state index contributed by atoms with van der Waals surface area (Å²) in [7, 11) is 0. The molecule has 128 valence electrons. The summed E-state index contributed by atoms with van der Waals surface area (Å²) < 4.78 is 0. The standard InChI is InChI=1S/C22H24N2O/c1-16-20(18-11-5-6-12-19(18)24-16)22(13-14-22)21(25)23-15-7-10-17-8-3-2-4-9-17/h2-6,8-9,11-12,24H,7,10,13-15H2,1H3,(H,23,25). The third kappa shape index (κ3) is 2.95. The molecule has 3 aromatic rings. The number of hydrogen-bond donors (Lipinski definition) is 2. The van der Waals surface area contributed by atoms with Gasteiger partial charge in [0, 0.05) is 23.1 Å². The summed E-state index contributed by atoms with van der Waals surface area (Å²) in [5.41, 5.74) is 4.45. The van der Waals surface area contributed by atoms with E-state index in [0.717, 1.165) is 43.4 Å². The monoisotopic (exact) mass is 332 g/mol. The number of aromatic nitrogens is 1. The van der Waals surface area contributed by atoms with Crippen LogP contribution in [0.2, 0.25) is 0 Å². The lowest BCUT2D eigenvalue weighted by atomic mass is 9.92. The fourth-order valence-electron chi connectivity index (χ4n) is 3.92. The molecule has 1 saturated carbocycles. The molecule has 1 aliphatic rings. The summed E-state index contributed by atoms with van der Waals surface area (Å²) in [4.78, 5) is 16.3. The Labute approximate surface area is 148 Å². The van der Waals surface area contributed by atoms with Crippen molar-refractivity contribution in [2.75, 3.05) is 6.54 Å². The van der Waals surface area contributed by atoms with Gasteiger partial charge in [0.15, 0.2) is 0 Å². The number of carbonyl (C=O) groups is 1. The zero-order valence-corrected chi connectivity index (χ0v) is 14.6. The second-order valence-corrected chi connectivity index (χ2v) is 7.10. The lowest BCUT2D eigenvalue weighted by Gasteiger charge is -2.16. The van der Waals surface area contributed by atoms with Gasteiger partial charge < -0.3 is 10.3 Å². The molecule has 1 fully saturated rings. The number of carbonyl (C=O) groups excluding carboxylic acids is 1. The van der Waals surface area contributed by atoms with Gasteiger partial charge in [-0.3, -0.25) is 4.79 Å². The zero-order valence-electron chi connectivity index (χ0n) is 14.6. The Morgan fingerprint density at radius 2 is 1.80 bits per heavy atom. The highest BCUT2D eigenvalue weighted by atomic mass is 16.2. The summed E-state index contributed by atoms with van der Waals surface area (Å²) in [6, 6.07) is 18.7. The van der Waals surface area contributed by atoms with Gasteiger partial charge in [-0.05, 0) is 49.8 Å². The van der Waals surface area contributed by atoms with Crippen molar-refractivity contribution in [1.29, 1.82) is 0 Å². The third-order valence-corrected chi connectivity index (χ3v) is 5.33. The Morgan fingerprint density at radius 3 is 2.56 bits per heavy atom. The van der Waals surface area contributed by atoms with Crippen molar-refractivity contribution in [2.45, 2.75) is 38.0 Å². The minimum Gasteiger partial charge on any atom is -0.358 e. The fourth-order valence-corrected chi connectivity index (χ4v) is 3.92. The van der Waals surface area contributed by atoms with Crippen LogP contribution < -0.4 is 5.32 Å². The van der Waals surface area contributed by atoms with E-state index in [9.17, 15) is 4.79 Å². The van der Waals surface area contributed by atoms with Gasteiger partial charge in [0.1, 0.15) is 0 Å². The Bertz CT molecular complexity index is 891. The number of benzene rings is 2. The summed E-state index contributed by atoms with van der Waals surface area (Å²) in [6.45, 7) is 2.81. The highest BCUT2D eigenvalue weighted by molar-refractivity contribution is 5.98. The second kappa shape index (κ2) is 6.40. The van der Waals surface area contributed by atoms with Crippen molar-refractivity contribution in [1.82, 2.24) is 10.3 Å². The topological polar surface area (TPSA) is 44.9 Å². The summed E-state index contributed by atoms with van der Waals surface area (Å²) in [6.07, 6.45) is 3.86. The van der Waals surface area contributed by atoms with Crippen LogP contribution in [-0.2, 0) is 16.6 Å². The lowest BCUT2D eigenvalue weighted by Crippen LogP contribution is -2.35. The smallest absolute Gasteiger partial charge is 0.230 e. The highest BCUT2D eigenvalue weighted by Gasteiger charge is 2.53. The molecular weight excluding hydrogens is 308 g/mol. The van der Waals surface area contributed by atoms with E-state index in [1.165, 1.54) is 16.5 Å². The quantitative estimate of drug-likeness (QED) is 0.651. The van der Waals surface area contributed by atoms with Crippen LogP contribution in [0.4, 0.5) is 0 Å². The van der Waals surface area contributed by atoms with Crippen molar-refractivity contribution in [3.8, 4) is 0 Å². The van der Waals surface area contributed by atoms with Gasteiger partial charge >= 0.3 is 0 Å². The van der Waals surface area contributed by atoms with E-state index in [4.69, 9.17) is 0 Å². The van der Waals surface area contributed by atoms with Crippen molar-refractivity contribution in [3.05, 3.63) is 71.4 Å². The van der Waals surface area contributed by atoms with Crippen molar-refractivity contribution in [3.63, 3.8) is 0 Å². The normalized spacial score (nSPS) is 15.2. The van der Waals surface area contributed by atoms with E-state index in [2.05, 4.69) is 53.6 Å². The first-order valence-corrected chi connectivity index (χ1v) is 9.11. The molecule has 25 heavy (non-hydrogen) atoms. The molecule has 1 heterocycles. The predicted molar refractivity (Wildman–Crippen MR) is 102 cm³/mol. The van der Waals surface area contributed by atoms with Crippen molar-refractivity contribution >= 4 is 16.8 Å². The van der Waals surface area contributed by atoms with Gasteiger partial charge in [0.25, 0.3) is 0 Å². The average molecular weight is 332 g/mol. The molecule has 0 bridgehead atoms. The molecular formula is C22H24N2O. The van der Waals surface area contributed by atoms with Crippen LogP contribution in [0.15, 0.2) is 54.6 Å². The maximum Gasteiger partial charge on any atom is 0.230 e. The second-order valence-electron chi connectivity index (χ2n) is 7.10. The van der Waals surface area contributed by atoms with E-state index in [1.54, 1.807) is 0 Å². The number of fused-ring (bicyclic) bond motifs is 1. The van der Waals surface area contributed by atoms with Crippen LogP contribution in [0.5, 0.6) is 0 Å². The SMILES string of the molecule is Cc1[nH]c2ccccc2c1C1(C(=O)NCCCc2ccccc2)CC1. The molecule has 4 rings (SSSR count). The molecule has 0 aliphatic heterocycles. The highest BCUT2D eigenvalue weighted by Crippen LogP contribution is 2.51. The Hall–Kier alpha value is -2.55. The van der Waals surface area contributed by atoms with Gasteiger partial charge in [-0.15, -0.1) is 0 Å². The van der Waals surface area contributed by atoms with Gasteiger partial charge in [-0.1, -0.05) is 48.5 Å². The van der Waals surface area contributed by atoms with Crippen LogP contribution in [-0.4, -0.2) is 17.4 Å². The number of rotatable bonds is 6. The number of aryl methyl sites for hydroxylation is 2. The number of para-hydroxylation sites is 1. The number of nitrogens with one attached hydrogen (secondary N) is 2. The maximum absolute atomic E-state index is 12.9. The number of amides is 1. The fraction of sp³-hybridized carbons (Fsp3) is 0.318. The van der Waals surface area contributed by atoms with Crippen LogP contribution in [0.25, 0.3) is 10.9 Å². The molecule has 0 atom stereocenters. The summed E-state index contributed by atoms with van der Waals surface area (Å²) in [5.74, 6) is 0.188. The van der Waals surface area contributed by atoms with Crippen LogP contribution in [0.1, 0.15) is 36.1 Å². The number of H-pyrrole nitrogens is 1. The summed E-state index contributed by atoms with van der Waals surface area (Å²) in [5, 5.41) is 4.37. The van der Waals surface area contributed by atoms with E-state index >= 15 is 0 Å².